The number of hydrogen-bond acceptors (Lipinski definition) is 5. The molecule has 0 radical (unpaired) electrons. The van der Waals surface area contributed by atoms with Gasteiger partial charge in [-0.2, -0.15) is 0 Å². The van der Waals surface area contributed by atoms with Crippen molar-refractivity contribution >= 4 is 35.4 Å². The Morgan fingerprint density at radius 3 is 2.83 bits per heavy atom. The maximum atomic E-state index is 12.5. The molecular formula is C23H25N3O3S. The zero-order valence-electron chi connectivity index (χ0n) is 17.0. The number of hydrogen-bond donors (Lipinski definition) is 1. The molecule has 0 saturated carbocycles. The molecule has 30 heavy (non-hydrogen) atoms. The van der Waals surface area contributed by atoms with Crippen LogP contribution in [0.3, 0.4) is 0 Å². The number of carbonyl (C=O) groups excluding carboxylic acids is 2. The van der Waals surface area contributed by atoms with Crippen molar-refractivity contribution in [1.29, 1.82) is 0 Å². The number of carbonyl (C=O) groups is 2. The van der Waals surface area contributed by atoms with E-state index in [4.69, 9.17) is 4.74 Å². The van der Waals surface area contributed by atoms with Crippen molar-refractivity contribution in [2.45, 2.75) is 12.2 Å². The number of amides is 2. The number of benzene rings is 1. The quantitative estimate of drug-likeness (QED) is 0.737. The van der Waals surface area contributed by atoms with Crippen LogP contribution in [0, 0.1) is 6.92 Å². The smallest absolute Gasteiger partial charge is 0.283 e. The van der Waals surface area contributed by atoms with Crippen LogP contribution in [0.25, 0.3) is 6.08 Å². The highest BCUT2D eigenvalue weighted by atomic mass is 32.2. The van der Waals surface area contributed by atoms with Gasteiger partial charge < -0.3 is 10.1 Å². The topological polar surface area (TPSA) is 71.0 Å². The van der Waals surface area contributed by atoms with Gasteiger partial charge in [0.15, 0.2) is 0 Å². The number of allylic oxidation sites excluding steroid dienone is 1. The summed E-state index contributed by atoms with van der Waals surface area (Å²) in [5.41, 5.74) is 3.32. The lowest BCUT2D eigenvalue weighted by atomic mass is 10.0. The van der Waals surface area contributed by atoms with Gasteiger partial charge in [0.2, 0.25) is 0 Å². The predicted octanol–water partition coefficient (Wildman–Crippen LogP) is 2.36. The first kappa shape index (κ1) is 20.8. The van der Waals surface area contributed by atoms with E-state index in [1.807, 2.05) is 49.4 Å². The van der Waals surface area contributed by atoms with Crippen LogP contribution in [0.15, 0.2) is 58.0 Å². The molecule has 1 aromatic carbocycles. The Morgan fingerprint density at radius 2 is 2.07 bits per heavy atom. The second-order valence-electron chi connectivity index (χ2n) is 7.47. The van der Waals surface area contributed by atoms with Crippen molar-refractivity contribution in [3.05, 3.63) is 64.1 Å². The largest absolute Gasteiger partial charge is 0.379 e. The molecule has 2 heterocycles. The summed E-state index contributed by atoms with van der Waals surface area (Å²) < 4.78 is 5.33. The minimum absolute atomic E-state index is 0.0516. The number of aryl methyl sites for hydroxylation is 1. The number of nitrogens with zero attached hydrogens (tertiary/aromatic N) is 2. The molecule has 1 saturated heterocycles. The first-order valence-corrected chi connectivity index (χ1v) is 11.0. The van der Waals surface area contributed by atoms with Crippen LogP contribution >= 0.6 is 11.8 Å². The van der Waals surface area contributed by atoms with Gasteiger partial charge in [0.25, 0.3) is 11.8 Å². The van der Waals surface area contributed by atoms with Crippen molar-refractivity contribution < 1.29 is 14.3 Å². The summed E-state index contributed by atoms with van der Waals surface area (Å²) in [6.45, 7) is 6.70. The first-order valence-electron chi connectivity index (χ1n) is 10.1. The molecule has 7 heteroatoms. The van der Waals surface area contributed by atoms with E-state index in [0.717, 1.165) is 38.4 Å². The minimum atomic E-state index is -0.259. The summed E-state index contributed by atoms with van der Waals surface area (Å²) in [5.74, 6) is -0.399. The number of aliphatic imine (C=N–C) groups is 1. The lowest BCUT2D eigenvalue weighted by Gasteiger charge is -2.26. The summed E-state index contributed by atoms with van der Waals surface area (Å²) in [6.07, 6.45) is 7.36. The van der Waals surface area contributed by atoms with Crippen molar-refractivity contribution in [1.82, 2.24) is 10.2 Å². The van der Waals surface area contributed by atoms with Gasteiger partial charge in [-0.05, 0) is 24.6 Å². The molecule has 0 bridgehead atoms. The van der Waals surface area contributed by atoms with Gasteiger partial charge in [-0.25, -0.2) is 4.99 Å². The molecule has 2 aliphatic heterocycles. The normalized spacial score (nSPS) is 23.0. The second-order valence-corrected chi connectivity index (χ2v) is 8.65. The third-order valence-electron chi connectivity index (χ3n) is 5.20. The Bertz CT molecular complexity index is 941. The number of morpholine rings is 1. The summed E-state index contributed by atoms with van der Waals surface area (Å²) in [5, 5.41) is 2.90. The van der Waals surface area contributed by atoms with E-state index < -0.39 is 0 Å². The SMILES string of the molecule is Cc1ccc(/C=C2/SC3C=CC(C(=O)NCCN4CCOCC4)=CC3=NC2=O)cc1. The van der Waals surface area contributed by atoms with E-state index in [0.29, 0.717) is 22.7 Å². The molecule has 6 nitrogen and oxygen atoms in total. The average Bonchev–Trinajstić information content (AvgIpc) is 2.76. The van der Waals surface area contributed by atoms with E-state index in [-0.39, 0.29) is 17.1 Å². The lowest BCUT2D eigenvalue weighted by Crippen LogP contribution is -2.41. The number of ether oxygens (including phenoxy) is 1. The molecule has 4 rings (SSSR count). The number of nitrogens with one attached hydrogen (secondary N) is 1. The highest BCUT2D eigenvalue weighted by Crippen LogP contribution is 2.33. The number of rotatable bonds is 5. The highest BCUT2D eigenvalue weighted by Gasteiger charge is 2.28. The van der Waals surface area contributed by atoms with Gasteiger partial charge in [-0.1, -0.05) is 42.0 Å². The van der Waals surface area contributed by atoms with E-state index in [9.17, 15) is 9.59 Å². The van der Waals surface area contributed by atoms with E-state index in [1.165, 1.54) is 17.3 Å². The van der Waals surface area contributed by atoms with Crippen LogP contribution in [0.4, 0.5) is 0 Å². The molecule has 0 aromatic heterocycles. The molecule has 1 fully saturated rings. The van der Waals surface area contributed by atoms with E-state index in [2.05, 4.69) is 15.2 Å². The zero-order chi connectivity index (χ0) is 20.9. The van der Waals surface area contributed by atoms with Gasteiger partial charge in [0.05, 0.1) is 29.1 Å². The van der Waals surface area contributed by atoms with Crippen molar-refractivity contribution in [2.75, 3.05) is 39.4 Å². The fourth-order valence-corrected chi connectivity index (χ4v) is 4.46. The summed E-state index contributed by atoms with van der Waals surface area (Å²) in [4.78, 5) is 32.1. The van der Waals surface area contributed by atoms with E-state index in [1.54, 1.807) is 6.08 Å². The third-order valence-corrected chi connectivity index (χ3v) is 6.39. The van der Waals surface area contributed by atoms with Crippen LogP contribution < -0.4 is 5.32 Å². The van der Waals surface area contributed by atoms with Crippen molar-refractivity contribution in [3.8, 4) is 0 Å². The summed E-state index contributed by atoms with van der Waals surface area (Å²) in [7, 11) is 0. The maximum Gasteiger partial charge on any atom is 0.283 e. The Labute approximate surface area is 180 Å². The fraction of sp³-hybridized carbons (Fsp3) is 0.348. The molecule has 0 spiro atoms. The van der Waals surface area contributed by atoms with Crippen LogP contribution in [-0.4, -0.2) is 67.1 Å². The predicted molar refractivity (Wildman–Crippen MR) is 120 cm³/mol. The third kappa shape index (κ3) is 5.16. The Kier molecular flexibility index (Phi) is 6.62. The molecule has 1 N–H and O–H groups in total. The molecule has 1 aromatic rings. The highest BCUT2D eigenvalue weighted by molar-refractivity contribution is 8.05. The summed E-state index contributed by atoms with van der Waals surface area (Å²) in [6, 6.07) is 8.02. The average molecular weight is 424 g/mol. The second kappa shape index (κ2) is 9.55. The van der Waals surface area contributed by atoms with Crippen LogP contribution in [-0.2, 0) is 14.3 Å². The number of fused-ring (bicyclic) bond motifs is 1. The zero-order valence-corrected chi connectivity index (χ0v) is 17.8. The molecule has 3 aliphatic rings. The Hall–Kier alpha value is -2.48. The van der Waals surface area contributed by atoms with Crippen molar-refractivity contribution in [2.24, 2.45) is 4.99 Å². The van der Waals surface area contributed by atoms with Gasteiger partial charge in [0.1, 0.15) is 0 Å². The number of thioether (sulfide) groups is 1. The van der Waals surface area contributed by atoms with Gasteiger partial charge in [-0.3, -0.25) is 14.5 Å². The van der Waals surface area contributed by atoms with Crippen LogP contribution in [0.2, 0.25) is 0 Å². The molecular weight excluding hydrogens is 398 g/mol. The van der Waals surface area contributed by atoms with E-state index >= 15 is 0 Å². The minimum Gasteiger partial charge on any atom is -0.379 e. The molecule has 1 atom stereocenters. The van der Waals surface area contributed by atoms with Gasteiger partial charge >= 0.3 is 0 Å². The van der Waals surface area contributed by atoms with Crippen molar-refractivity contribution in [3.63, 3.8) is 0 Å². The lowest BCUT2D eigenvalue weighted by molar-refractivity contribution is -0.117. The fourth-order valence-electron chi connectivity index (χ4n) is 3.44. The van der Waals surface area contributed by atoms with Gasteiger partial charge in [-0.15, -0.1) is 11.8 Å². The van der Waals surface area contributed by atoms with Crippen LogP contribution in [0.1, 0.15) is 11.1 Å². The molecule has 1 aliphatic carbocycles. The maximum absolute atomic E-state index is 12.5. The standard InChI is InChI=1S/C23H25N3O3S/c1-16-2-4-17(5-3-16)14-21-23(28)25-19-15-18(6-7-20(19)30-21)22(27)24-8-9-26-10-12-29-13-11-26/h2-7,14-15,20H,8-13H2,1H3,(H,24,27)/b21-14+. The summed E-state index contributed by atoms with van der Waals surface area (Å²) >= 11 is 1.47. The monoisotopic (exact) mass is 423 g/mol. The van der Waals surface area contributed by atoms with Crippen LogP contribution in [0.5, 0.6) is 0 Å². The Balaban J connectivity index is 1.38. The first-order chi connectivity index (χ1) is 14.6. The van der Waals surface area contributed by atoms with Gasteiger partial charge in [0, 0.05) is 31.8 Å². The Morgan fingerprint density at radius 1 is 1.30 bits per heavy atom. The molecule has 156 valence electrons. The molecule has 1 unspecified atom stereocenters. The molecule has 2 amide bonds.